The Bertz CT molecular complexity index is 927. The molecule has 4 heteroatoms. The number of hydrogen-bond acceptors (Lipinski definition) is 4. The van der Waals surface area contributed by atoms with E-state index in [1.807, 2.05) is 31.2 Å². The third-order valence-corrected chi connectivity index (χ3v) is 4.73. The largest absolute Gasteiger partial charge is 0.494 e. The summed E-state index contributed by atoms with van der Waals surface area (Å²) in [6, 6.07) is 14.3. The molecule has 148 valence electrons. The summed E-state index contributed by atoms with van der Waals surface area (Å²) in [7, 11) is 0. The molecule has 0 atom stereocenters. The van der Waals surface area contributed by atoms with Crippen LogP contribution < -0.4 is 4.74 Å². The molecular formula is C24H30N2O2. The van der Waals surface area contributed by atoms with Crippen LogP contribution in [0.2, 0.25) is 0 Å². The van der Waals surface area contributed by atoms with Crippen molar-refractivity contribution in [1.82, 2.24) is 10.2 Å². The van der Waals surface area contributed by atoms with Crippen LogP contribution in [0.15, 0.2) is 46.9 Å². The molecule has 3 rings (SSSR count). The van der Waals surface area contributed by atoms with Gasteiger partial charge >= 0.3 is 0 Å². The zero-order valence-corrected chi connectivity index (χ0v) is 18.0. The molecule has 0 unspecified atom stereocenters. The lowest BCUT2D eigenvalue weighted by Gasteiger charge is -2.25. The zero-order valence-electron chi connectivity index (χ0n) is 18.0. The summed E-state index contributed by atoms with van der Waals surface area (Å²) in [6.07, 6.45) is 0. The van der Waals surface area contributed by atoms with E-state index in [-0.39, 0.29) is 10.8 Å². The van der Waals surface area contributed by atoms with Gasteiger partial charge in [0.1, 0.15) is 5.75 Å². The smallest absolute Gasteiger partial charge is 0.248 e. The second-order valence-electron chi connectivity index (χ2n) is 9.17. The highest BCUT2D eigenvalue weighted by atomic mass is 16.5. The first-order chi connectivity index (χ1) is 13.1. The summed E-state index contributed by atoms with van der Waals surface area (Å²) >= 11 is 0. The van der Waals surface area contributed by atoms with E-state index in [2.05, 4.69) is 69.9 Å². The second-order valence-corrected chi connectivity index (χ2v) is 9.17. The van der Waals surface area contributed by atoms with E-state index in [4.69, 9.17) is 9.15 Å². The first kappa shape index (κ1) is 20.1. The number of benzene rings is 2. The van der Waals surface area contributed by atoms with Crippen molar-refractivity contribution < 1.29 is 9.15 Å². The monoisotopic (exact) mass is 378 g/mol. The lowest BCUT2D eigenvalue weighted by atomic mass is 9.79. The molecule has 0 radical (unpaired) electrons. The summed E-state index contributed by atoms with van der Waals surface area (Å²) in [6.45, 7) is 15.9. The first-order valence-electron chi connectivity index (χ1n) is 9.81. The molecule has 0 aliphatic heterocycles. The minimum Gasteiger partial charge on any atom is -0.494 e. The Kier molecular flexibility index (Phi) is 5.33. The third-order valence-electron chi connectivity index (χ3n) is 4.73. The van der Waals surface area contributed by atoms with Gasteiger partial charge in [-0.05, 0) is 59.2 Å². The maximum absolute atomic E-state index is 6.05. The molecule has 4 nitrogen and oxygen atoms in total. The van der Waals surface area contributed by atoms with Gasteiger partial charge in [0.2, 0.25) is 11.8 Å². The van der Waals surface area contributed by atoms with Gasteiger partial charge in [0, 0.05) is 11.1 Å². The van der Waals surface area contributed by atoms with Gasteiger partial charge in [-0.1, -0.05) is 53.7 Å². The van der Waals surface area contributed by atoms with Gasteiger partial charge in [-0.15, -0.1) is 10.2 Å². The number of ether oxygens (including phenoxy) is 1. The summed E-state index contributed by atoms with van der Waals surface area (Å²) in [5.41, 5.74) is 4.39. The van der Waals surface area contributed by atoms with E-state index >= 15 is 0 Å². The average molecular weight is 379 g/mol. The van der Waals surface area contributed by atoms with E-state index in [9.17, 15) is 0 Å². The van der Waals surface area contributed by atoms with Crippen LogP contribution >= 0.6 is 0 Å². The quantitative estimate of drug-likeness (QED) is 0.527. The van der Waals surface area contributed by atoms with Crippen molar-refractivity contribution in [3.05, 3.63) is 53.6 Å². The maximum atomic E-state index is 6.05. The highest BCUT2D eigenvalue weighted by molar-refractivity contribution is 5.61. The fourth-order valence-corrected chi connectivity index (χ4v) is 2.96. The van der Waals surface area contributed by atoms with Crippen molar-refractivity contribution in [1.29, 1.82) is 0 Å². The van der Waals surface area contributed by atoms with Crippen LogP contribution in [-0.4, -0.2) is 16.8 Å². The zero-order chi connectivity index (χ0) is 20.5. The molecule has 0 saturated carbocycles. The first-order valence-corrected chi connectivity index (χ1v) is 9.81. The van der Waals surface area contributed by atoms with Crippen LogP contribution in [0.5, 0.6) is 5.75 Å². The standard InChI is InChI=1S/C24H30N2O2/c1-8-27-20-11-9-10-16(14-20)21-25-26-22(28-21)17-12-18(23(2,3)4)15-19(13-17)24(5,6)7/h9-15H,8H2,1-7H3. The van der Waals surface area contributed by atoms with Gasteiger partial charge in [-0.2, -0.15) is 0 Å². The highest BCUT2D eigenvalue weighted by Gasteiger charge is 2.22. The Morgan fingerprint density at radius 3 is 1.89 bits per heavy atom. The molecule has 0 aliphatic rings. The molecule has 0 spiro atoms. The normalized spacial score (nSPS) is 12.2. The lowest BCUT2D eigenvalue weighted by Crippen LogP contribution is -2.16. The molecule has 0 N–H and O–H groups in total. The summed E-state index contributed by atoms with van der Waals surface area (Å²) in [5.74, 6) is 1.83. The van der Waals surface area contributed by atoms with Gasteiger partial charge in [0.05, 0.1) is 6.61 Å². The minimum absolute atomic E-state index is 0.0324. The Morgan fingerprint density at radius 1 is 0.786 bits per heavy atom. The van der Waals surface area contributed by atoms with E-state index in [0.717, 1.165) is 16.9 Å². The number of aromatic nitrogens is 2. The van der Waals surface area contributed by atoms with Crippen molar-refractivity contribution in [3.8, 4) is 28.7 Å². The minimum atomic E-state index is 0.0324. The van der Waals surface area contributed by atoms with Crippen molar-refractivity contribution in [2.75, 3.05) is 6.61 Å². The Labute approximate surface area is 168 Å². The van der Waals surface area contributed by atoms with Crippen LogP contribution in [0.1, 0.15) is 59.6 Å². The van der Waals surface area contributed by atoms with Gasteiger partial charge in [-0.25, -0.2) is 0 Å². The predicted molar refractivity (Wildman–Crippen MR) is 114 cm³/mol. The second kappa shape index (κ2) is 7.42. The van der Waals surface area contributed by atoms with Gasteiger partial charge in [0.25, 0.3) is 0 Å². The summed E-state index contributed by atoms with van der Waals surface area (Å²) in [4.78, 5) is 0. The fraction of sp³-hybridized carbons (Fsp3) is 0.417. The SMILES string of the molecule is CCOc1cccc(-c2nnc(-c3cc(C(C)(C)C)cc(C(C)(C)C)c3)o2)c1. The molecule has 1 aromatic heterocycles. The van der Waals surface area contributed by atoms with Crippen molar-refractivity contribution in [3.63, 3.8) is 0 Å². The van der Waals surface area contributed by atoms with E-state index in [0.29, 0.717) is 18.4 Å². The molecule has 28 heavy (non-hydrogen) atoms. The molecule has 0 aliphatic carbocycles. The summed E-state index contributed by atoms with van der Waals surface area (Å²) < 4.78 is 11.6. The number of rotatable bonds is 4. The van der Waals surface area contributed by atoms with Gasteiger partial charge in [0.15, 0.2) is 0 Å². The molecule has 2 aromatic carbocycles. The Hall–Kier alpha value is -2.62. The topological polar surface area (TPSA) is 48.2 Å². The van der Waals surface area contributed by atoms with Gasteiger partial charge < -0.3 is 9.15 Å². The molecular weight excluding hydrogens is 348 g/mol. The average Bonchev–Trinajstić information content (AvgIpc) is 3.11. The van der Waals surface area contributed by atoms with Crippen LogP contribution in [0.4, 0.5) is 0 Å². The molecule has 3 aromatic rings. The maximum Gasteiger partial charge on any atom is 0.248 e. The van der Waals surface area contributed by atoms with E-state index in [1.165, 1.54) is 11.1 Å². The fourth-order valence-electron chi connectivity index (χ4n) is 2.96. The van der Waals surface area contributed by atoms with E-state index < -0.39 is 0 Å². The molecule has 0 bridgehead atoms. The Morgan fingerprint density at radius 2 is 1.36 bits per heavy atom. The molecule has 0 saturated heterocycles. The molecule has 0 fully saturated rings. The van der Waals surface area contributed by atoms with Crippen molar-refractivity contribution in [2.45, 2.75) is 59.3 Å². The molecule has 1 heterocycles. The lowest BCUT2D eigenvalue weighted by molar-refractivity contribution is 0.340. The van der Waals surface area contributed by atoms with Crippen molar-refractivity contribution in [2.24, 2.45) is 0 Å². The van der Waals surface area contributed by atoms with Crippen LogP contribution in [0.3, 0.4) is 0 Å². The number of hydrogen-bond donors (Lipinski definition) is 0. The van der Waals surface area contributed by atoms with Crippen molar-refractivity contribution >= 4 is 0 Å². The highest BCUT2D eigenvalue weighted by Crippen LogP contribution is 2.34. The van der Waals surface area contributed by atoms with Crippen LogP contribution in [-0.2, 0) is 10.8 Å². The predicted octanol–water partition coefficient (Wildman–Crippen LogP) is 6.40. The molecule has 0 amide bonds. The number of nitrogens with zero attached hydrogens (tertiary/aromatic N) is 2. The third kappa shape index (κ3) is 4.44. The van der Waals surface area contributed by atoms with Crippen LogP contribution in [0.25, 0.3) is 22.9 Å². The van der Waals surface area contributed by atoms with Gasteiger partial charge in [-0.3, -0.25) is 0 Å². The Balaban J connectivity index is 2.04. The van der Waals surface area contributed by atoms with Crippen LogP contribution in [0, 0.1) is 0 Å². The van der Waals surface area contributed by atoms with E-state index in [1.54, 1.807) is 0 Å². The summed E-state index contributed by atoms with van der Waals surface area (Å²) in [5, 5.41) is 8.60.